The Hall–Kier alpha value is -3.87. The molecule has 13 heteroatoms. The summed E-state index contributed by atoms with van der Waals surface area (Å²) in [4.78, 5) is 66.2. The molecule has 3 atom stereocenters. The van der Waals surface area contributed by atoms with Crippen molar-refractivity contribution in [1.82, 2.24) is 20.3 Å². The van der Waals surface area contributed by atoms with Gasteiger partial charge in [-0.25, -0.2) is 0 Å². The van der Waals surface area contributed by atoms with Crippen molar-refractivity contribution in [3.05, 3.63) is 65.2 Å². The second kappa shape index (κ2) is 17.2. The monoisotopic (exact) mass is 664 g/mol. The van der Waals surface area contributed by atoms with Crippen LogP contribution in [0.4, 0.5) is 13.2 Å². The van der Waals surface area contributed by atoms with Crippen LogP contribution in [-0.4, -0.2) is 65.2 Å². The number of benzene rings is 2. The molecule has 0 saturated carbocycles. The van der Waals surface area contributed by atoms with Crippen LogP contribution in [0.15, 0.2) is 53.4 Å². The van der Waals surface area contributed by atoms with Gasteiger partial charge in [-0.2, -0.15) is 13.2 Å². The predicted octanol–water partition coefficient (Wildman–Crippen LogP) is 5.48. The summed E-state index contributed by atoms with van der Waals surface area (Å²) in [5.41, 5.74) is 1.62. The molecule has 1 heterocycles. The molecule has 1 saturated heterocycles. The van der Waals surface area contributed by atoms with E-state index < -0.39 is 59.6 Å². The van der Waals surface area contributed by atoms with Crippen LogP contribution in [0.5, 0.6) is 0 Å². The van der Waals surface area contributed by atoms with Crippen molar-refractivity contribution in [2.75, 3.05) is 6.54 Å². The number of ketones is 1. The molecule has 3 unspecified atom stereocenters. The molecule has 0 aromatic heterocycles. The third-order valence-corrected chi connectivity index (χ3v) is 8.07. The lowest BCUT2D eigenvalue weighted by Crippen LogP contribution is -2.58. The van der Waals surface area contributed by atoms with Crippen molar-refractivity contribution in [3.8, 4) is 0 Å². The first-order valence-electron chi connectivity index (χ1n) is 15.3. The van der Waals surface area contributed by atoms with Gasteiger partial charge in [0.25, 0.3) is 17.6 Å². The first kappa shape index (κ1) is 38.3. The van der Waals surface area contributed by atoms with E-state index >= 15 is 0 Å². The summed E-state index contributed by atoms with van der Waals surface area (Å²) in [6, 6.07) is 9.60. The highest BCUT2D eigenvalue weighted by atomic mass is 32.2. The van der Waals surface area contributed by atoms with Crippen LogP contribution in [0.3, 0.4) is 0 Å². The van der Waals surface area contributed by atoms with E-state index in [4.69, 9.17) is 0 Å². The van der Waals surface area contributed by atoms with Crippen LogP contribution >= 0.6 is 11.9 Å². The molecule has 4 amide bonds. The molecule has 0 aliphatic carbocycles. The molecule has 1 fully saturated rings. The van der Waals surface area contributed by atoms with Gasteiger partial charge in [-0.3, -0.25) is 28.7 Å². The zero-order chi connectivity index (χ0) is 34.8. The number of nitrogens with one attached hydrogen (secondary N) is 3. The Morgan fingerprint density at radius 3 is 1.83 bits per heavy atom. The maximum Gasteiger partial charge on any atom is 0.452 e. The van der Waals surface area contributed by atoms with Gasteiger partial charge in [0.2, 0.25) is 11.8 Å². The molecule has 2 aromatic rings. The van der Waals surface area contributed by atoms with Gasteiger partial charge in [0.05, 0.1) is 6.04 Å². The minimum Gasteiger partial charge on any atom is -0.344 e. The number of hydrogen-bond acceptors (Lipinski definition) is 6. The largest absolute Gasteiger partial charge is 0.452 e. The molecule has 1 aliphatic rings. The second-order valence-electron chi connectivity index (χ2n) is 11.4. The maximum atomic E-state index is 13.6. The van der Waals surface area contributed by atoms with Gasteiger partial charge in [0.15, 0.2) is 0 Å². The number of rotatable bonds is 11. The van der Waals surface area contributed by atoms with Gasteiger partial charge in [0.1, 0.15) is 12.1 Å². The van der Waals surface area contributed by atoms with Gasteiger partial charge in [0, 0.05) is 22.6 Å². The Kier molecular flexibility index (Phi) is 14.3. The van der Waals surface area contributed by atoms with Crippen LogP contribution in [0.2, 0.25) is 0 Å². The van der Waals surface area contributed by atoms with Gasteiger partial charge >= 0.3 is 6.18 Å². The number of hydrogen-bond donors (Lipinski definition) is 3. The number of halogens is 3. The molecule has 3 rings (SSSR count). The van der Waals surface area contributed by atoms with Gasteiger partial charge < -0.3 is 15.5 Å². The SMILES string of the molecule is CC.Cc1ccc(SNC(=O)c2ccc(C(=O)NC(C(=O)N3CCCC3C(=O)NC(C(=O)C(F)(F)F)C(C)C)C(C)C)cc2)cc1. The number of alkyl halides is 3. The van der Waals surface area contributed by atoms with E-state index in [1.54, 1.807) is 13.8 Å². The number of nitrogens with zero attached hydrogens (tertiary/aromatic N) is 1. The summed E-state index contributed by atoms with van der Waals surface area (Å²) in [5.74, 6) is -5.62. The number of carbonyl (C=O) groups excluding carboxylic acids is 5. The number of amides is 4. The third-order valence-electron chi connectivity index (χ3n) is 7.28. The summed E-state index contributed by atoms with van der Waals surface area (Å²) >= 11 is 1.16. The Morgan fingerprint density at radius 1 is 0.804 bits per heavy atom. The fraction of sp³-hybridized carbons (Fsp3) is 0.485. The highest BCUT2D eigenvalue weighted by molar-refractivity contribution is 7.98. The molecule has 1 aliphatic heterocycles. The van der Waals surface area contributed by atoms with Crippen LogP contribution in [-0.2, 0) is 14.4 Å². The Balaban J connectivity index is 0.00000361. The normalized spacial score (nSPS) is 15.8. The summed E-state index contributed by atoms with van der Waals surface area (Å²) in [6.07, 6.45) is -4.50. The van der Waals surface area contributed by atoms with Crippen molar-refractivity contribution >= 4 is 41.4 Å². The Bertz CT molecular complexity index is 1360. The van der Waals surface area contributed by atoms with Crippen molar-refractivity contribution in [3.63, 3.8) is 0 Å². The van der Waals surface area contributed by atoms with E-state index in [1.807, 2.05) is 45.0 Å². The first-order valence-corrected chi connectivity index (χ1v) is 16.1. The minimum atomic E-state index is -5.12. The van der Waals surface area contributed by atoms with E-state index in [1.165, 1.54) is 43.0 Å². The molecule has 9 nitrogen and oxygen atoms in total. The number of aryl methyl sites for hydroxylation is 1. The Morgan fingerprint density at radius 2 is 1.33 bits per heavy atom. The minimum absolute atomic E-state index is 0.167. The fourth-order valence-corrected chi connectivity index (χ4v) is 5.32. The van der Waals surface area contributed by atoms with Crippen LogP contribution in [0.1, 0.15) is 80.7 Å². The standard InChI is InChI=1S/C31H37F3N4O5S.C2H6/c1-17(2)24(26(39)31(32,33)34)35-29(42)23-7-6-16-38(23)30(43)25(18(3)4)36-27(40)20-10-12-21(13-11-20)28(41)37-44-22-14-8-19(5)9-15-22;1-2/h8-15,17-18,23-25H,6-7,16H2,1-5H3,(H,35,42)(H,36,40)(H,37,41);1-2H3. The molecular formula is C33H43F3N4O5S. The molecule has 2 aromatic carbocycles. The highest BCUT2D eigenvalue weighted by Crippen LogP contribution is 2.24. The molecule has 0 bridgehead atoms. The van der Waals surface area contributed by atoms with Crippen molar-refractivity contribution in [2.45, 2.75) is 90.5 Å². The van der Waals surface area contributed by atoms with E-state index in [0.29, 0.717) is 12.0 Å². The number of carbonyl (C=O) groups is 5. The van der Waals surface area contributed by atoms with Crippen LogP contribution < -0.4 is 15.4 Å². The second-order valence-corrected chi connectivity index (χ2v) is 12.3. The number of likely N-dealkylation sites (tertiary alicyclic amines) is 1. The lowest BCUT2D eigenvalue weighted by Gasteiger charge is -2.32. The maximum absolute atomic E-state index is 13.6. The zero-order valence-electron chi connectivity index (χ0n) is 27.2. The average Bonchev–Trinajstić information content (AvgIpc) is 3.52. The van der Waals surface area contributed by atoms with E-state index in [9.17, 15) is 37.1 Å². The zero-order valence-corrected chi connectivity index (χ0v) is 28.0. The lowest BCUT2D eigenvalue weighted by atomic mass is 9.98. The smallest absolute Gasteiger partial charge is 0.344 e. The van der Waals surface area contributed by atoms with E-state index in [2.05, 4.69) is 15.4 Å². The van der Waals surface area contributed by atoms with E-state index in [-0.39, 0.29) is 24.4 Å². The molecule has 0 radical (unpaired) electrons. The summed E-state index contributed by atoms with van der Waals surface area (Å²) in [5, 5.41) is 4.89. The molecule has 46 heavy (non-hydrogen) atoms. The fourth-order valence-electron chi connectivity index (χ4n) is 4.72. The molecule has 3 N–H and O–H groups in total. The van der Waals surface area contributed by atoms with Crippen molar-refractivity contribution < 1.29 is 37.1 Å². The molecule has 252 valence electrons. The van der Waals surface area contributed by atoms with Crippen molar-refractivity contribution in [2.24, 2.45) is 11.8 Å². The number of Topliss-reactive ketones (excluding diaryl/α,β-unsaturated/α-hetero) is 1. The summed E-state index contributed by atoms with van der Waals surface area (Å²) in [6.45, 7) is 12.3. The summed E-state index contributed by atoms with van der Waals surface area (Å²) in [7, 11) is 0. The molecular weight excluding hydrogens is 621 g/mol. The Labute approximate surface area is 272 Å². The molecule has 0 spiro atoms. The quantitative estimate of drug-likeness (QED) is 0.274. The predicted molar refractivity (Wildman–Crippen MR) is 171 cm³/mol. The topological polar surface area (TPSA) is 125 Å². The lowest BCUT2D eigenvalue weighted by molar-refractivity contribution is -0.175. The highest BCUT2D eigenvalue weighted by Gasteiger charge is 2.46. The van der Waals surface area contributed by atoms with Gasteiger partial charge in [-0.05, 0) is 79.9 Å². The summed E-state index contributed by atoms with van der Waals surface area (Å²) < 4.78 is 42.0. The van der Waals surface area contributed by atoms with E-state index in [0.717, 1.165) is 22.4 Å². The third kappa shape index (κ3) is 10.3. The first-order chi connectivity index (χ1) is 21.6. The van der Waals surface area contributed by atoms with Crippen LogP contribution in [0.25, 0.3) is 0 Å². The van der Waals surface area contributed by atoms with Crippen molar-refractivity contribution in [1.29, 1.82) is 0 Å². The van der Waals surface area contributed by atoms with Gasteiger partial charge in [-0.1, -0.05) is 59.2 Å². The average molecular weight is 665 g/mol. The van der Waals surface area contributed by atoms with Crippen LogP contribution in [0, 0.1) is 18.8 Å². The van der Waals surface area contributed by atoms with Gasteiger partial charge in [-0.15, -0.1) is 0 Å².